The van der Waals surface area contributed by atoms with Gasteiger partial charge in [-0.2, -0.15) is 8.75 Å². The molecule has 0 radical (unpaired) electrons. The Morgan fingerprint density at radius 1 is 1.03 bits per heavy atom. The first-order chi connectivity index (χ1) is 15.1. The minimum absolute atomic E-state index is 0.0760. The monoisotopic (exact) mass is 451 g/mol. The minimum Gasteiger partial charge on any atom is -0.439 e. The number of aromatic nitrogens is 6. The maximum atomic E-state index is 12.8. The number of benzene rings is 2. The zero-order valence-electron chi connectivity index (χ0n) is 15.7. The topological polar surface area (TPSA) is 125 Å². The van der Waals surface area contributed by atoms with E-state index in [4.69, 9.17) is 4.74 Å². The third-order valence-electron chi connectivity index (χ3n) is 4.26. The predicted octanol–water partition coefficient (Wildman–Crippen LogP) is 3.26. The molecule has 12 heteroatoms. The van der Waals surface area contributed by atoms with Crippen LogP contribution >= 0.6 is 11.7 Å². The Morgan fingerprint density at radius 3 is 2.71 bits per heavy atom. The Hall–Kier alpha value is -3.90. The van der Waals surface area contributed by atoms with Crippen molar-refractivity contribution in [3.63, 3.8) is 0 Å². The van der Waals surface area contributed by atoms with Crippen LogP contribution < -0.4 is 9.46 Å². The Kier molecular flexibility index (Phi) is 4.76. The fourth-order valence-electron chi connectivity index (χ4n) is 2.84. The lowest BCUT2D eigenvalue weighted by atomic mass is 10.3. The van der Waals surface area contributed by atoms with E-state index in [2.05, 4.69) is 28.4 Å². The van der Waals surface area contributed by atoms with Gasteiger partial charge < -0.3 is 4.74 Å². The first kappa shape index (κ1) is 19.1. The molecule has 0 atom stereocenters. The van der Waals surface area contributed by atoms with Crippen molar-refractivity contribution in [2.24, 2.45) is 0 Å². The van der Waals surface area contributed by atoms with E-state index in [-0.39, 0.29) is 4.90 Å². The molecule has 3 aromatic heterocycles. The van der Waals surface area contributed by atoms with Gasteiger partial charge in [-0.1, -0.05) is 6.07 Å². The molecule has 0 unspecified atom stereocenters. The molecule has 154 valence electrons. The van der Waals surface area contributed by atoms with E-state index in [9.17, 15) is 8.42 Å². The zero-order valence-corrected chi connectivity index (χ0v) is 17.3. The third-order valence-corrected chi connectivity index (χ3v) is 6.22. The fourth-order valence-corrected chi connectivity index (χ4v) is 4.67. The van der Waals surface area contributed by atoms with Crippen molar-refractivity contribution in [2.45, 2.75) is 4.90 Å². The van der Waals surface area contributed by atoms with Crippen molar-refractivity contribution < 1.29 is 13.2 Å². The van der Waals surface area contributed by atoms with Gasteiger partial charge in [0.05, 0.1) is 11.7 Å². The van der Waals surface area contributed by atoms with E-state index in [1.54, 1.807) is 65.8 Å². The Labute approximate surface area is 180 Å². The second-order valence-corrected chi connectivity index (χ2v) is 8.48. The number of sulfonamides is 1. The molecule has 5 rings (SSSR count). The second-order valence-electron chi connectivity index (χ2n) is 6.30. The molecule has 0 aliphatic carbocycles. The molecule has 0 saturated heterocycles. The van der Waals surface area contributed by atoms with Crippen molar-refractivity contribution >= 4 is 38.5 Å². The van der Waals surface area contributed by atoms with Gasteiger partial charge in [0.15, 0.2) is 0 Å². The second kappa shape index (κ2) is 7.74. The van der Waals surface area contributed by atoms with E-state index in [1.807, 2.05) is 0 Å². The summed E-state index contributed by atoms with van der Waals surface area (Å²) in [6, 6.07) is 13.0. The third kappa shape index (κ3) is 3.93. The Balaban J connectivity index is 1.34. The average Bonchev–Trinajstić information content (AvgIpc) is 3.47. The summed E-state index contributed by atoms with van der Waals surface area (Å²) in [5.41, 5.74) is 1.27. The molecule has 0 aliphatic heterocycles. The van der Waals surface area contributed by atoms with Crippen LogP contribution in [0.3, 0.4) is 0 Å². The van der Waals surface area contributed by atoms with Crippen LogP contribution in [0.1, 0.15) is 0 Å². The number of hydrogen-bond acceptors (Lipinski definition) is 9. The van der Waals surface area contributed by atoms with Crippen LogP contribution in [0.25, 0.3) is 16.9 Å². The summed E-state index contributed by atoms with van der Waals surface area (Å²) in [6.07, 6.45) is 6.42. The maximum Gasteiger partial charge on any atom is 0.264 e. The summed E-state index contributed by atoms with van der Waals surface area (Å²) in [6.45, 7) is 0. The molecule has 0 saturated carbocycles. The van der Waals surface area contributed by atoms with Crippen molar-refractivity contribution in [2.75, 3.05) is 4.72 Å². The smallest absolute Gasteiger partial charge is 0.264 e. The minimum atomic E-state index is -3.83. The predicted molar refractivity (Wildman–Crippen MR) is 114 cm³/mol. The van der Waals surface area contributed by atoms with Gasteiger partial charge in [-0.3, -0.25) is 9.29 Å². The van der Waals surface area contributed by atoms with Crippen molar-refractivity contribution in [3.05, 3.63) is 73.6 Å². The van der Waals surface area contributed by atoms with Gasteiger partial charge in [-0.15, -0.1) is 0 Å². The van der Waals surface area contributed by atoms with Crippen LogP contribution in [-0.2, 0) is 10.0 Å². The van der Waals surface area contributed by atoms with Crippen LogP contribution in [0.15, 0.2) is 78.5 Å². The number of fused-ring (bicyclic) bond motifs is 1. The van der Waals surface area contributed by atoms with Gasteiger partial charge in [-0.05, 0) is 36.4 Å². The van der Waals surface area contributed by atoms with Crippen molar-refractivity contribution in [3.8, 4) is 17.4 Å². The molecule has 0 bridgehead atoms. The summed E-state index contributed by atoms with van der Waals surface area (Å²) < 4.78 is 43.8. The number of rotatable bonds is 6. The Morgan fingerprint density at radius 2 is 1.90 bits per heavy atom. The maximum absolute atomic E-state index is 12.8. The summed E-state index contributed by atoms with van der Waals surface area (Å²) >= 11 is 0.968. The lowest BCUT2D eigenvalue weighted by Crippen LogP contribution is -2.13. The summed E-state index contributed by atoms with van der Waals surface area (Å²) in [7, 11) is -3.83. The van der Waals surface area contributed by atoms with E-state index in [1.165, 1.54) is 12.4 Å². The SMILES string of the molecule is O=S(=O)(Nc1ccc(Oc2cc(-n3ccnc3)ncn2)cc1)c1cccc2nsnc12. The van der Waals surface area contributed by atoms with E-state index < -0.39 is 10.0 Å². The number of nitrogens with zero attached hydrogens (tertiary/aromatic N) is 6. The number of hydrogen-bond donors (Lipinski definition) is 1. The quantitative estimate of drug-likeness (QED) is 0.417. The van der Waals surface area contributed by atoms with E-state index in [0.29, 0.717) is 34.2 Å². The molecule has 1 N–H and O–H groups in total. The highest BCUT2D eigenvalue weighted by Gasteiger charge is 2.19. The molecule has 0 amide bonds. The van der Waals surface area contributed by atoms with Crippen LogP contribution in [-0.4, -0.2) is 36.7 Å². The van der Waals surface area contributed by atoms with Gasteiger partial charge in [0, 0.05) is 24.1 Å². The molecule has 3 heterocycles. The molecule has 0 spiro atoms. The molecule has 31 heavy (non-hydrogen) atoms. The Bertz CT molecular complexity index is 1450. The number of nitrogens with one attached hydrogen (secondary N) is 1. The first-order valence-corrected chi connectivity index (χ1v) is 11.1. The van der Waals surface area contributed by atoms with Gasteiger partial charge in [0.1, 0.15) is 40.2 Å². The van der Waals surface area contributed by atoms with Gasteiger partial charge in [0.25, 0.3) is 10.0 Å². The highest BCUT2D eigenvalue weighted by atomic mass is 32.2. The first-order valence-electron chi connectivity index (χ1n) is 8.91. The normalized spacial score (nSPS) is 11.5. The van der Waals surface area contributed by atoms with Gasteiger partial charge in [0.2, 0.25) is 5.88 Å². The van der Waals surface area contributed by atoms with Crippen LogP contribution in [0.2, 0.25) is 0 Å². The number of ether oxygens (including phenoxy) is 1. The number of anilines is 1. The fraction of sp³-hybridized carbons (Fsp3) is 0. The average molecular weight is 451 g/mol. The highest BCUT2D eigenvalue weighted by Crippen LogP contribution is 2.26. The molecule has 0 fully saturated rings. The standard InChI is InChI=1S/C19H13N7O3S2/c27-31(28,16-3-1-2-15-19(16)24-30-23-15)25-13-4-6-14(7-5-13)29-18-10-17(21-11-22-18)26-9-8-20-12-26/h1-12,25H. The van der Waals surface area contributed by atoms with Crippen LogP contribution in [0.5, 0.6) is 11.6 Å². The molecular formula is C19H13N7O3S2. The molecule has 5 aromatic rings. The molecule has 2 aromatic carbocycles. The van der Waals surface area contributed by atoms with Crippen LogP contribution in [0, 0.1) is 0 Å². The molecular weight excluding hydrogens is 438 g/mol. The molecule has 0 aliphatic rings. The van der Waals surface area contributed by atoms with Gasteiger partial charge in [-0.25, -0.2) is 23.4 Å². The van der Waals surface area contributed by atoms with Crippen molar-refractivity contribution in [1.29, 1.82) is 0 Å². The van der Waals surface area contributed by atoms with Gasteiger partial charge >= 0.3 is 0 Å². The zero-order chi connectivity index (χ0) is 21.3. The largest absolute Gasteiger partial charge is 0.439 e. The van der Waals surface area contributed by atoms with E-state index in [0.717, 1.165) is 11.7 Å². The summed E-state index contributed by atoms with van der Waals surface area (Å²) in [5, 5.41) is 0. The van der Waals surface area contributed by atoms with E-state index >= 15 is 0 Å². The van der Waals surface area contributed by atoms with Crippen molar-refractivity contribution in [1.82, 2.24) is 28.3 Å². The summed E-state index contributed by atoms with van der Waals surface area (Å²) in [4.78, 5) is 12.3. The lowest BCUT2D eigenvalue weighted by Gasteiger charge is -2.10. The highest BCUT2D eigenvalue weighted by molar-refractivity contribution is 7.93. The summed E-state index contributed by atoms with van der Waals surface area (Å²) in [5.74, 6) is 1.44. The molecule has 10 nitrogen and oxygen atoms in total. The lowest BCUT2D eigenvalue weighted by molar-refractivity contribution is 0.461. The number of imidazole rings is 1. The van der Waals surface area contributed by atoms with Crippen LogP contribution in [0.4, 0.5) is 5.69 Å².